The van der Waals surface area contributed by atoms with E-state index in [1.807, 2.05) is 13.8 Å². The van der Waals surface area contributed by atoms with Gasteiger partial charge in [0, 0.05) is 5.02 Å². The fraction of sp³-hybridized carbons (Fsp3) is 0.190. The third-order valence-electron chi connectivity index (χ3n) is 3.78. The van der Waals surface area contributed by atoms with E-state index in [1.165, 1.54) is 0 Å². The molecule has 2 aromatic rings. The quantitative estimate of drug-likeness (QED) is 0.498. The van der Waals surface area contributed by atoms with Crippen molar-refractivity contribution in [2.75, 3.05) is 6.61 Å². The molecule has 1 aliphatic rings. The zero-order valence-electron chi connectivity index (χ0n) is 15.2. The first-order valence-corrected chi connectivity index (χ1v) is 9.34. The van der Waals surface area contributed by atoms with Crippen LogP contribution in [0, 0.1) is 5.92 Å². The highest BCUT2D eigenvalue weighted by molar-refractivity contribution is 6.37. The molecule has 2 aromatic carbocycles. The Labute approximate surface area is 172 Å². The SMILES string of the molecule is CC(C)COC(=O)c1ccc(/C=C2\N=C(c3ccc(Cl)cc3Cl)OC2=O)cc1. The lowest BCUT2D eigenvalue weighted by atomic mass is 10.1. The van der Waals surface area contributed by atoms with E-state index in [9.17, 15) is 9.59 Å². The number of esters is 2. The minimum absolute atomic E-state index is 0.117. The number of hydrogen-bond acceptors (Lipinski definition) is 5. The number of hydrogen-bond donors (Lipinski definition) is 0. The summed E-state index contributed by atoms with van der Waals surface area (Å²) in [5.74, 6) is -0.582. The molecule has 1 heterocycles. The third kappa shape index (κ3) is 4.80. The molecule has 7 heteroatoms. The Morgan fingerprint density at radius 3 is 2.54 bits per heavy atom. The van der Waals surface area contributed by atoms with Gasteiger partial charge in [0.1, 0.15) is 0 Å². The lowest BCUT2D eigenvalue weighted by Gasteiger charge is -2.07. The fourth-order valence-corrected chi connectivity index (χ4v) is 2.88. The van der Waals surface area contributed by atoms with E-state index in [2.05, 4.69) is 4.99 Å². The Bertz CT molecular complexity index is 978. The Morgan fingerprint density at radius 2 is 1.89 bits per heavy atom. The van der Waals surface area contributed by atoms with Gasteiger partial charge in [-0.05, 0) is 47.9 Å². The van der Waals surface area contributed by atoms with E-state index < -0.39 is 5.97 Å². The summed E-state index contributed by atoms with van der Waals surface area (Å²) in [5.41, 5.74) is 1.75. The Hall–Kier alpha value is -2.63. The van der Waals surface area contributed by atoms with Crippen LogP contribution in [0.4, 0.5) is 0 Å². The maximum absolute atomic E-state index is 12.1. The molecule has 0 saturated carbocycles. The van der Waals surface area contributed by atoms with Crippen molar-refractivity contribution in [3.8, 4) is 0 Å². The van der Waals surface area contributed by atoms with E-state index >= 15 is 0 Å². The Balaban J connectivity index is 1.78. The zero-order chi connectivity index (χ0) is 20.3. The molecular formula is C21H17Cl2NO4. The fourth-order valence-electron chi connectivity index (χ4n) is 2.39. The van der Waals surface area contributed by atoms with Gasteiger partial charge in [-0.3, -0.25) is 0 Å². The van der Waals surface area contributed by atoms with Crippen LogP contribution in [0.3, 0.4) is 0 Å². The monoisotopic (exact) mass is 417 g/mol. The lowest BCUT2D eigenvalue weighted by Crippen LogP contribution is -2.10. The van der Waals surface area contributed by atoms with Crippen molar-refractivity contribution in [1.82, 2.24) is 0 Å². The number of cyclic esters (lactones) is 1. The molecule has 0 aliphatic carbocycles. The van der Waals surface area contributed by atoms with Crippen LogP contribution in [-0.2, 0) is 14.3 Å². The average Bonchev–Trinajstić information content (AvgIpc) is 3.00. The summed E-state index contributed by atoms with van der Waals surface area (Å²) in [4.78, 5) is 28.3. The lowest BCUT2D eigenvalue weighted by molar-refractivity contribution is -0.129. The van der Waals surface area contributed by atoms with Gasteiger partial charge in [0.05, 0.1) is 22.8 Å². The van der Waals surface area contributed by atoms with Crippen LogP contribution in [0.25, 0.3) is 6.08 Å². The number of benzene rings is 2. The number of rotatable bonds is 5. The molecule has 0 unspecified atom stereocenters. The molecule has 0 N–H and O–H groups in total. The molecule has 0 fully saturated rings. The highest BCUT2D eigenvalue weighted by atomic mass is 35.5. The summed E-state index contributed by atoms with van der Waals surface area (Å²) in [6.07, 6.45) is 1.57. The molecule has 0 aromatic heterocycles. The number of ether oxygens (including phenoxy) is 2. The van der Waals surface area contributed by atoms with Crippen LogP contribution < -0.4 is 0 Å². The van der Waals surface area contributed by atoms with Crippen molar-refractivity contribution >= 4 is 47.1 Å². The number of halogens is 2. The molecule has 0 amide bonds. The molecule has 0 spiro atoms. The first kappa shape index (κ1) is 20.1. The van der Waals surface area contributed by atoms with E-state index in [4.69, 9.17) is 32.7 Å². The zero-order valence-corrected chi connectivity index (χ0v) is 16.8. The molecular weight excluding hydrogens is 401 g/mol. The maximum atomic E-state index is 12.1. The third-order valence-corrected chi connectivity index (χ3v) is 4.33. The van der Waals surface area contributed by atoms with Crippen molar-refractivity contribution in [3.05, 3.63) is 74.9 Å². The van der Waals surface area contributed by atoms with Gasteiger partial charge in [-0.15, -0.1) is 0 Å². The van der Waals surface area contributed by atoms with Gasteiger partial charge >= 0.3 is 11.9 Å². The van der Waals surface area contributed by atoms with Gasteiger partial charge in [0.25, 0.3) is 0 Å². The van der Waals surface area contributed by atoms with Gasteiger partial charge in [-0.2, -0.15) is 0 Å². The summed E-state index contributed by atoms with van der Waals surface area (Å²) < 4.78 is 10.4. The van der Waals surface area contributed by atoms with E-state index in [0.717, 1.165) is 0 Å². The van der Waals surface area contributed by atoms with Crippen molar-refractivity contribution in [3.63, 3.8) is 0 Å². The molecule has 3 rings (SSSR count). The van der Waals surface area contributed by atoms with Gasteiger partial charge < -0.3 is 9.47 Å². The maximum Gasteiger partial charge on any atom is 0.363 e. The molecule has 144 valence electrons. The molecule has 5 nitrogen and oxygen atoms in total. The molecule has 0 saturated heterocycles. The van der Waals surface area contributed by atoms with Crippen LogP contribution in [0.2, 0.25) is 10.0 Å². The number of carbonyl (C=O) groups excluding carboxylic acids is 2. The van der Waals surface area contributed by atoms with Crippen molar-refractivity contribution < 1.29 is 19.1 Å². The summed E-state index contributed by atoms with van der Waals surface area (Å²) in [7, 11) is 0. The molecule has 0 atom stereocenters. The van der Waals surface area contributed by atoms with Gasteiger partial charge in [-0.1, -0.05) is 49.2 Å². The van der Waals surface area contributed by atoms with Gasteiger partial charge in [0.15, 0.2) is 5.70 Å². The molecule has 1 aliphatic heterocycles. The van der Waals surface area contributed by atoms with E-state index in [0.29, 0.717) is 33.3 Å². The minimum Gasteiger partial charge on any atom is -0.462 e. The normalized spacial score (nSPS) is 15.0. The van der Waals surface area contributed by atoms with Crippen LogP contribution in [-0.4, -0.2) is 24.4 Å². The van der Waals surface area contributed by atoms with Crippen LogP contribution in [0.1, 0.15) is 35.3 Å². The molecule has 0 radical (unpaired) electrons. The van der Waals surface area contributed by atoms with Crippen molar-refractivity contribution in [2.24, 2.45) is 10.9 Å². The highest BCUT2D eigenvalue weighted by Crippen LogP contribution is 2.26. The minimum atomic E-state index is -0.582. The second-order valence-electron chi connectivity index (χ2n) is 6.57. The predicted octanol–water partition coefficient (Wildman–Crippen LogP) is 5.15. The predicted molar refractivity (Wildman–Crippen MR) is 109 cm³/mol. The van der Waals surface area contributed by atoms with E-state index in [1.54, 1.807) is 48.5 Å². The Kier molecular flexibility index (Phi) is 6.17. The second-order valence-corrected chi connectivity index (χ2v) is 7.42. The topological polar surface area (TPSA) is 65.0 Å². The average molecular weight is 418 g/mol. The summed E-state index contributed by atoms with van der Waals surface area (Å²) in [6.45, 7) is 4.30. The van der Waals surface area contributed by atoms with Crippen molar-refractivity contribution in [1.29, 1.82) is 0 Å². The number of aliphatic imine (C=N–C) groups is 1. The smallest absolute Gasteiger partial charge is 0.363 e. The van der Waals surface area contributed by atoms with Crippen LogP contribution in [0.15, 0.2) is 53.2 Å². The first-order valence-electron chi connectivity index (χ1n) is 8.58. The summed E-state index contributed by atoms with van der Waals surface area (Å²) in [6, 6.07) is 11.5. The van der Waals surface area contributed by atoms with Gasteiger partial charge in [-0.25, -0.2) is 14.6 Å². The van der Waals surface area contributed by atoms with Crippen molar-refractivity contribution in [2.45, 2.75) is 13.8 Å². The summed E-state index contributed by atoms with van der Waals surface area (Å²) in [5, 5.41) is 0.811. The molecule has 28 heavy (non-hydrogen) atoms. The largest absolute Gasteiger partial charge is 0.462 e. The van der Waals surface area contributed by atoms with Gasteiger partial charge in [0.2, 0.25) is 5.90 Å². The second kappa shape index (κ2) is 8.59. The standard InChI is InChI=1S/C21H17Cl2NO4/c1-12(2)11-27-20(25)14-5-3-13(4-6-14)9-18-21(26)28-19(24-18)16-8-7-15(22)10-17(16)23/h3-10,12H,11H2,1-2H3/b18-9-. The highest BCUT2D eigenvalue weighted by Gasteiger charge is 2.25. The first-order chi connectivity index (χ1) is 13.3. The number of nitrogens with zero attached hydrogens (tertiary/aromatic N) is 1. The number of carbonyl (C=O) groups is 2. The molecule has 0 bridgehead atoms. The van der Waals surface area contributed by atoms with Crippen LogP contribution >= 0.6 is 23.2 Å². The summed E-state index contributed by atoms with van der Waals surface area (Å²) >= 11 is 12.0. The Morgan fingerprint density at radius 1 is 1.18 bits per heavy atom. The van der Waals surface area contributed by atoms with Crippen LogP contribution in [0.5, 0.6) is 0 Å². The van der Waals surface area contributed by atoms with E-state index in [-0.39, 0.29) is 23.5 Å².